The van der Waals surface area contributed by atoms with Gasteiger partial charge in [-0.25, -0.2) is 4.79 Å². The maximum absolute atomic E-state index is 11.4. The summed E-state index contributed by atoms with van der Waals surface area (Å²) in [6.07, 6.45) is 0. The number of nitrogens with zero attached hydrogens (tertiary/aromatic N) is 1. The molecule has 0 aromatic heterocycles. The standard InChI is InChI=1S/C8H14N4O5/c1-10-6(14)2-11-8(17)12(3-5(9)13)4-7(15)16/h2-4H2,1H3,(H2,9,13)(H,10,14)(H,11,17)(H,15,16). The second-order valence-electron chi connectivity index (χ2n) is 3.05. The van der Waals surface area contributed by atoms with E-state index < -0.39 is 36.9 Å². The van der Waals surface area contributed by atoms with Crippen molar-refractivity contribution in [2.24, 2.45) is 5.73 Å². The summed E-state index contributed by atoms with van der Waals surface area (Å²) in [7, 11) is 1.38. The van der Waals surface area contributed by atoms with E-state index in [-0.39, 0.29) is 6.54 Å². The Balaban J connectivity index is 4.36. The quantitative estimate of drug-likeness (QED) is 0.404. The second-order valence-corrected chi connectivity index (χ2v) is 3.05. The molecule has 9 nitrogen and oxygen atoms in total. The van der Waals surface area contributed by atoms with E-state index in [1.54, 1.807) is 0 Å². The number of rotatable bonds is 6. The molecule has 0 heterocycles. The minimum atomic E-state index is -1.29. The Morgan fingerprint density at radius 3 is 2.24 bits per heavy atom. The summed E-state index contributed by atoms with van der Waals surface area (Å²) in [5, 5.41) is 12.9. The monoisotopic (exact) mass is 246 g/mol. The molecule has 0 fully saturated rings. The number of urea groups is 1. The van der Waals surface area contributed by atoms with Gasteiger partial charge in [-0.15, -0.1) is 0 Å². The smallest absolute Gasteiger partial charge is 0.323 e. The zero-order valence-corrected chi connectivity index (χ0v) is 9.23. The van der Waals surface area contributed by atoms with Crippen molar-refractivity contribution in [3.8, 4) is 0 Å². The number of hydrogen-bond donors (Lipinski definition) is 4. The third-order valence-electron chi connectivity index (χ3n) is 1.64. The lowest BCUT2D eigenvalue weighted by Gasteiger charge is -2.19. The summed E-state index contributed by atoms with van der Waals surface area (Å²) in [4.78, 5) is 44.0. The summed E-state index contributed by atoms with van der Waals surface area (Å²) >= 11 is 0. The van der Waals surface area contributed by atoms with E-state index in [2.05, 4.69) is 10.6 Å². The largest absolute Gasteiger partial charge is 0.480 e. The van der Waals surface area contributed by atoms with E-state index in [1.165, 1.54) is 7.05 Å². The van der Waals surface area contributed by atoms with Crippen LogP contribution in [0.25, 0.3) is 0 Å². The topological polar surface area (TPSA) is 142 Å². The lowest BCUT2D eigenvalue weighted by molar-refractivity contribution is -0.137. The number of aliphatic carboxylic acids is 1. The van der Waals surface area contributed by atoms with Crippen LogP contribution in [0.3, 0.4) is 0 Å². The third kappa shape index (κ3) is 6.71. The van der Waals surface area contributed by atoms with Crippen LogP contribution in [-0.4, -0.2) is 60.5 Å². The van der Waals surface area contributed by atoms with Crippen LogP contribution in [0, 0.1) is 0 Å². The van der Waals surface area contributed by atoms with Gasteiger partial charge in [-0.2, -0.15) is 0 Å². The maximum Gasteiger partial charge on any atom is 0.323 e. The lowest BCUT2D eigenvalue weighted by atomic mass is 10.4. The van der Waals surface area contributed by atoms with Gasteiger partial charge in [0.1, 0.15) is 13.1 Å². The molecule has 9 heteroatoms. The van der Waals surface area contributed by atoms with Crippen molar-refractivity contribution >= 4 is 23.8 Å². The van der Waals surface area contributed by atoms with Crippen molar-refractivity contribution in [1.29, 1.82) is 0 Å². The predicted octanol–water partition coefficient (Wildman–Crippen LogP) is -2.69. The van der Waals surface area contributed by atoms with Crippen molar-refractivity contribution in [3.63, 3.8) is 0 Å². The molecule has 0 aromatic rings. The molecule has 0 aliphatic rings. The van der Waals surface area contributed by atoms with Gasteiger partial charge in [0.05, 0.1) is 6.54 Å². The number of nitrogens with one attached hydrogen (secondary N) is 2. The summed E-state index contributed by atoms with van der Waals surface area (Å²) < 4.78 is 0. The van der Waals surface area contributed by atoms with E-state index in [1.807, 2.05) is 0 Å². The Labute approximate surface area is 96.9 Å². The van der Waals surface area contributed by atoms with Crippen LogP contribution in [0.5, 0.6) is 0 Å². The number of hydrogen-bond acceptors (Lipinski definition) is 4. The number of primary amides is 1. The van der Waals surface area contributed by atoms with Gasteiger partial charge in [0.2, 0.25) is 11.8 Å². The molecule has 0 aromatic carbocycles. The number of carbonyl (C=O) groups excluding carboxylic acids is 3. The number of likely N-dealkylation sites (N-methyl/N-ethyl adjacent to an activating group) is 1. The van der Waals surface area contributed by atoms with Gasteiger partial charge in [0.25, 0.3) is 0 Å². The Morgan fingerprint density at radius 1 is 1.24 bits per heavy atom. The first kappa shape index (κ1) is 14.7. The summed E-state index contributed by atoms with van der Waals surface area (Å²) in [6.45, 7) is -1.53. The maximum atomic E-state index is 11.4. The Morgan fingerprint density at radius 2 is 1.82 bits per heavy atom. The zero-order valence-electron chi connectivity index (χ0n) is 9.23. The highest BCUT2D eigenvalue weighted by molar-refractivity contribution is 5.88. The molecule has 0 saturated heterocycles. The molecule has 17 heavy (non-hydrogen) atoms. The van der Waals surface area contributed by atoms with E-state index in [9.17, 15) is 19.2 Å². The number of amides is 4. The van der Waals surface area contributed by atoms with Crippen LogP contribution < -0.4 is 16.4 Å². The Kier molecular flexibility index (Phi) is 6.08. The Hall–Kier alpha value is -2.32. The molecule has 0 atom stereocenters. The fraction of sp³-hybridized carbons (Fsp3) is 0.500. The molecule has 0 rings (SSSR count). The number of carbonyl (C=O) groups is 4. The van der Waals surface area contributed by atoms with Crippen molar-refractivity contribution in [1.82, 2.24) is 15.5 Å². The minimum absolute atomic E-state index is 0.315. The molecule has 0 unspecified atom stereocenters. The molecule has 96 valence electrons. The fourth-order valence-electron chi connectivity index (χ4n) is 0.907. The van der Waals surface area contributed by atoms with Crippen LogP contribution in [-0.2, 0) is 14.4 Å². The van der Waals surface area contributed by atoms with Gasteiger partial charge < -0.3 is 26.4 Å². The molecule has 0 saturated carbocycles. The van der Waals surface area contributed by atoms with E-state index in [4.69, 9.17) is 10.8 Å². The van der Waals surface area contributed by atoms with Gasteiger partial charge >= 0.3 is 12.0 Å². The first-order valence-electron chi connectivity index (χ1n) is 4.60. The van der Waals surface area contributed by atoms with Crippen molar-refractivity contribution in [2.75, 3.05) is 26.7 Å². The van der Waals surface area contributed by atoms with E-state index >= 15 is 0 Å². The van der Waals surface area contributed by atoms with Gasteiger partial charge in [-0.3, -0.25) is 14.4 Å². The molecule has 4 amide bonds. The summed E-state index contributed by atoms with van der Waals surface area (Å²) in [6, 6.07) is -0.852. The van der Waals surface area contributed by atoms with Gasteiger partial charge in [-0.1, -0.05) is 0 Å². The van der Waals surface area contributed by atoms with Gasteiger partial charge in [0, 0.05) is 7.05 Å². The normalized spacial score (nSPS) is 9.24. The molecule has 5 N–H and O–H groups in total. The lowest BCUT2D eigenvalue weighted by Crippen LogP contribution is -2.48. The number of carboxylic acid groups (broad SMARTS) is 1. The van der Waals surface area contributed by atoms with E-state index in [0.717, 1.165) is 0 Å². The molecular formula is C8H14N4O5. The second kappa shape index (κ2) is 7.04. The SMILES string of the molecule is CNC(=O)CNC(=O)N(CC(N)=O)CC(=O)O. The van der Waals surface area contributed by atoms with E-state index in [0.29, 0.717) is 4.90 Å². The first-order valence-corrected chi connectivity index (χ1v) is 4.60. The van der Waals surface area contributed by atoms with Crippen LogP contribution in [0.2, 0.25) is 0 Å². The van der Waals surface area contributed by atoms with Crippen molar-refractivity contribution in [2.45, 2.75) is 0 Å². The highest BCUT2D eigenvalue weighted by Crippen LogP contribution is 1.89. The highest BCUT2D eigenvalue weighted by Gasteiger charge is 2.18. The Bertz CT molecular complexity index is 314. The van der Waals surface area contributed by atoms with Gasteiger partial charge in [0.15, 0.2) is 0 Å². The molecule has 0 aliphatic carbocycles. The molecule has 0 spiro atoms. The highest BCUT2D eigenvalue weighted by atomic mass is 16.4. The van der Waals surface area contributed by atoms with Crippen LogP contribution in [0.15, 0.2) is 0 Å². The fourth-order valence-corrected chi connectivity index (χ4v) is 0.907. The first-order chi connectivity index (χ1) is 7.86. The minimum Gasteiger partial charge on any atom is -0.480 e. The van der Waals surface area contributed by atoms with Crippen molar-refractivity contribution in [3.05, 3.63) is 0 Å². The molecule has 0 radical (unpaired) electrons. The van der Waals surface area contributed by atoms with Crippen molar-refractivity contribution < 1.29 is 24.3 Å². The van der Waals surface area contributed by atoms with Crippen LogP contribution >= 0.6 is 0 Å². The van der Waals surface area contributed by atoms with Crippen LogP contribution in [0.1, 0.15) is 0 Å². The average Bonchev–Trinajstić information content (AvgIpc) is 2.23. The summed E-state index contributed by atoms with van der Waals surface area (Å²) in [5.41, 5.74) is 4.86. The molecule has 0 aliphatic heterocycles. The van der Waals surface area contributed by atoms with Gasteiger partial charge in [-0.05, 0) is 0 Å². The number of nitrogens with two attached hydrogens (primary N) is 1. The number of carboxylic acids is 1. The third-order valence-corrected chi connectivity index (χ3v) is 1.64. The predicted molar refractivity (Wildman–Crippen MR) is 55.9 cm³/mol. The van der Waals surface area contributed by atoms with Crippen LogP contribution in [0.4, 0.5) is 4.79 Å². The molecular weight excluding hydrogens is 232 g/mol. The molecule has 0 bridgehead atoms. The zero-order chi connectivity index (χ0) is 13.4. The summed E-state index contributed by atoms with van der Waals surface area (Å²) in [5.74, 6) is -2.59. The average molecular weight is 246 g/mol.